The number of halogens is 3. The molecule has 4 heterocycles. The summed E-state index contributed by atoms with van der Waals surface area (Å²) in [5, 5.41) is 2.05. The van der Waals surface area contributed by atoms with Gasteiger partial charge in [0.05, 0.1) is 11.4 Å². The first-order chi connectivity index (χ1) is 18.7. The molecule has 3 N–H and O–H groups in total. The van der Waals surface area contributed by atoms with E-state index in [-0.39, 0.29) is 24.3 Å². The Hall–Kier alpha value is -3.05. The number of nitrogens with zero attached hydrogens (tertiary/aromatic N) is 5. The zero-order valence-electron chi connectivity index (χ0n) is 22.2. The SMILES string of the molecule is Nc1cc(CN2CCC(C(=O)N3CCC(NN4CN(CCCC(F)(F)F)c5ccccc54)CC3)CC2)ccn1. The third-order valence-corrected chi connectivity index (χ3v) is 8.05. The second kappa shape index (κ2) is 12.0. The van der Waals surface area contributed by atoms with E-state index in [1.807, 2.05) is 46.2 Å². The van der Waals surface area contributed by atoms with Crippen LogP contribution in [0.3, 0.4) is 0 Å². The van der Waals surface area contributed by atoms with Gasteiger partial charge < -0.3 is 15.5 Å². The number of aromatic nitrogens is 1. The summed E-state index contributed by atoms with van der Waals surface area (Å²) in [5.74, 6) is 0.871. The summed E-state index contributed by atoms with van der Waals surface area (Å²) in [6.45, 7) is 4.92. The number of likely N-dealkylation sites (tertiary alicyclic amines) is 2. The number of nitrogens with one attached hydrogen (secondary N) is 1. The van der Waals surface area contributed by atoms with Crippen molar-refractivity contribution in [2.45, 2.75) is 57.3 Å². The number of amides is 1. The molecule has 11 heteroatoms. The van der Waals surface area contributed by atoms with E-state index in [0.29, 0.717) is 19.0 Å². The summed E-state index contributed by atoms with van der Waals surface area (Å²) in [6, 6.07) is 11.9. The van der Waals surface area contributed by atoms with Crippen LogP contribution in [0.15, 0.2) is 42.6 Å². The van der Waals surface area contributed by atoms with Crippen LogP contribution >= 0.6 is 0 Å². The van der Waals surface area contributed by atoms with Gasteiger partial charge in [-0.1, -0.05) is 12.1 Å². The van der Waals surface area contributed by atoms with Crippen molar-refractivity contribution in [2.75, 3.05) is 55.0 Å². The largest absolute Gasteiger partial charge is 0.389 e. The Balaban J connectivity index is 1.07. The first kappa shape index (κ1) is 27.5. The zero-order valence-corrected chi connectivity index (χ0v) is 22.2. The fourth-order valence-corrected chi connectivity index (χ4v) is 5.95. The van der Waals surface area contributed by atoms with Crippen molar-refractivity contribution in [1.82, 2.24) is 20.2 Å². The minimum atomic E-state index is -4.13. The molecule has 0 bridgehead atoms. The Kier molecular flexibility index (Phi) is 8.46. The molecule has 1 amide bonds. The lowest BCUT2D eigenvalue weighted by atomic mass is 9.93. The van der Waals surface area contributed by atoms with Gasteiger partial charge in [-0.15, -0.1) is 0 Å². The van der Waals surface area contributed by atoms with Crippen LogP contribution in [0.25, 0.3) is 0 Å². The number of fused-ring (bicyclic) bond motifs is 1. The van der Waals surface area contributed by atoms with Crippen molar-refractivity contribution in [3.63, 3.8) is 0 Å². The Labute approximate surface area is 227 Å². The number of anilines is 3. The van der Waals surface area contributed by atoms with Gasteiger partial charge in [0.15, 0.2) is 0 Å². The van der Waals surface area contributed by atoms with E-state index in [2.05, 4.69) is 20.3 Å². The van der Waals surface area contributed by atoms with Crippen LogP contribution in [0.5, 0.6) is 0 Å². The van der Waals surface area contributed by atoms with Gasteiger partial charge in [0.2, 0.25) is 5.91 Å². The summed E-state index contributed by atoms with van der Waals surface area (Å²) >= 11 is 0. The average molecular weight is 546 g/mol. The molecule has 2 aromatic rings. The lowest BCUT2D eigenvalue weighted by Crippen LogP contribution is -2.53. The number of para-hydroxylation sites is 2. The predicted molar refractivity (Wildman–Crippen MR) is 146 cm³/mol. The molecule has 3 aliphatic heterocycles. The van der Waals surface area contributed by atoms with Crippen LogP contribution in [-0.2, 0) is 11.3 Å². The molecule has 0 aliphatic carbocycles. The topological polar surface area (TPSA) is 81.0 Å². The third-order valence-electron chi connectivity index (χ3n) is 8.05. The van der Waals surface area contributed by atoms with Crippen LogP contribution < -0.4 is 21.1 Å². The lowest BCUT2D eigenvalue weighted by molar-refractivity contribution is -0.138. The number of piperidine rings is 2. The number of hydrazine groups is 1. The van der Waals surface area contributed by atoms with Gasteiger partial charge in [0, 0.05) is 50.8 Å². The molecule has 0 atom stereocenters. The van der Waals surface area contributed by atoms with E-state index >= 15 is 0 Å². The molecular weight excluding hydrogens is 507 g/mol. The summed E-state index contributed by atoms with van der Waals surface area (Å²) < 4.78 is 38.0. The maximum atomic E-state index is 13.3. The summed E-state index contributed by atoms with van der Waals surface area (Å²) in [4.78, 5) is 23.7. The molecule has 5 rings (SSSR count). The Bertz CT molecular complexity index is 1110. The van der Waals surface area contributed by atoms with Crippen molar-refractivity contribution in [3.05, 3.63) is 48.2 Å². The van der Waals surface area contributed by atoms with Gasteiger partial charge in [-0.3, -0.25) is 14.7 Å². The van der Waals surface area contributed by atoms with Crippen LogP contribution in [0, 0.1) is 5.92 Å². The van der Waals surface area contributed by atoms with Gasteiger partial charge in [0.25, 0.3) is 0 Å². The molecule has 0 radical (unpaired) electrons. The van der Waals surface area contributed by atoms with Gasteiger partial charge in [-0.25, -0.2) is 10.4 Å². The number of carbonyl (C=O) groups is 1. The molecule has 212 valence electrons. The highest BCUT2D eigenvalue weighted by Crippen LogP contribution is 2.35. The molecule has 0 unspecified atom stereocenters. The van der Waals surface area contributed by atoms with Crippen LogP contribution in [0.1, 0.15) is 44.1 Å². The normalized spacial score (nSPS) is 19.5. The molecule has 2 fully saturated rings. The first-order valence-corrected chi connectivity index (χ1v) is 13.9. The Morgan fingerprint density at radius 1 is 1.03 bits per heavy atom. The highest BCUT2D eigenvalue weighted by Gasteiger charge is 2.33. The number of rotatable bonds is 8. The van der Waals surface area contributed by atoms with Gasteiger partial charge in [-0.05, 0) is 75.0 Å². The second-order valence-corrected chi connectivity index (χ2v) is 10.9. The highest BCUT2D eigenvalue weighted by atomic mass is 19.4. The quantitative estimate of drug-likeness (QED) is 0.519. The van der Waals surface area contributed by atoms with Gasteiger partial charge in [0.1, 0.15) is 12.5 Å². The molecule has 39 heavy (non-hydrogen) atoms. The monoisotopic (exact) mass is 545 g/mol. The summed E-state index contributed by atoms with van der Waals surface area (Å²) in [5.41, 5.74) is 12.5. The van der Waals surface area contributed by atoms with E-state index in [1.54, 1.807) is 6.20 Å². The molecule has 0 spiro atoms. The van der Waals surface area contributed by atoms with Crippen LogP contribution in [0.4, 0.5) is 30.4 Å². The van der Waals surface area contributed by atoms with Crippen molar-refractivity contribution in [1.29, 1.82) is 0 Å². The molecule has 3 aliphatic rings. The predicted octanol–water partition coefficient (Wildman–Crippen LogP) is 4.00. The van der Waals surface area contributed by atoms with Crippen molar-refractivity contribution >= 4 is 23.1 Å². The molecule has 1 aromatic carbocycles. The highest BCUT2D eigenvalue weighted by molar-refractivity contribution is 5.79. The molecular formula is C28H38F3N7O. The zero-order chi connectivity index (χ0) is 27.4. The number of hydrogen-bond acceptors (Lipinski definition) is 7. The molecule has 8 nitrogen and oxygen atoms in total. The minimum Gasteiger partial charge on any atom is -0.384 e. The fourth-order valence-electron chi connectivity index (χ4n) is 5.95. The van der Waals surface area contributed by atoms with Crippen LogP contribution in [-0.4, -0.2) is 72.3 Å². The second-order valence-electron chi connectivity index (χ2n) is 10.9. The smallest absolute Gasteiger partial charge is 0.384 e. The third kappa shape index (κ3) is 7.13. The number of benzene rings is 1. The van der Waals surface area contributed by atoms with Crippen molar-refractivity contribution < 1.29 is 18.0 Å². The van der Waals surface area contributed by atoms with Crippen molar-refractivity contribution in [2.24, 2.45) is 5.92 Å². The standard InChI is InChI=1S/C28H38F3N7O/c29-28(30,31)11-3-13-37-20-38(25-5-2-1-4-24(25)37)34-23-9-16-36(17-10-23)27(39)22-7-14-35(15-8-22)19-21-6-12-33-26(32)18-21/h1-2,4-6,12,18,22-23,34H,3,7-11,13-17,19-20H2,(H2,32,33). The number of pyridine rings is 1. The van der Waals surface area contributed by atoms with E-state index in [1.165, 1.54) is 0 Å². The minimum absolute atomic E-state index is 0.0729. The maximum absolute atomic E-state index is 13.3. The Morgan fingerprint density at radius 3 is 2.44 bits per heavy atom. The molecule has 2 saturated heterocycles. The van der Waals surface area contributed by atoms with E-state index in [0.717, 1.165) is 75.3 Å². The van der Waals surface area contributed by atoms with Gasteiger partial charge >= 0.3 is 6.18 Å². The number of hydrogen-bond donors (Lipinski definition) is 2. The summed E-state index contributed by atoms with van der Waals surface area (Å²) in [7, 11) is 0. The van der Waals surface area contributed by atoms with Gasteiger partial charge in [-0.2, -0.15) is 13.2 Å². The van der Waals surface area contributed by atoms with E-state index in [9.17, 15) is 18.0 Å². The lowest BCUT2D eigenvalue weighted by Gasteiger charge is -2.38. The number of carbonyl (C=O) groups excluding carboxylic acids is 1. The molecule has 0 saturated carbocycles. The van der Waals surface area contributed by atoms with Crippen LogP contribution in [0.2, 0.25) is 0 Å². The number of nitrogens with two attached hydrogens (primary N) is 1. The Morgan fingerprint density at radius 2 is 1.74 bits per heavy atom. The van der Waals surface area contributed by atoms with E-state index in [4.69, 9.17) is 5.73 Å². The van der Waals surface area contributed by atoms with Crippen molar-refractivity contribution in [3.8, 4) is 0 Å². The average Bonchev–Trinajstić information content (AvgIpc) is 3.26. The number of nitrogen functional groups attached to an aromatic ring is 1. The number of alkyl halides is 3. The maximum Gasteiger partial charge on any atom is 0.389 e. The fraction of sp³-hybridized carbons (Fsp3) is 0.571. The first-order valence-electron chi connectivity index (χ1n) is 13.9. The van der Waals surface area contributed by atoms with E-state index < -0.39 is 12.6 Å². The summed E-state index contributed by atoms with van der Waals surface area (Å²) in [6.07, 6.45) is 0.333. The molecule has 1 aromatic heterocycles.